The number of rotatable bonds is 16. The Morgan fingerprint density at radius 3 is 2.52 bits per heavy atom. The minimum Gasteiger partial charge on any atom is -0.481 e. The fraction of sp³-hybridized carbons (Fsp3) is 0.750. The first kappa shape index (κ1) is 21.9. The second kappa shape index (κ2) is 17.3. The Hall–Kier alpha value is -1.09. The Kier molecular flexibility index (Phi) is 16.4. The molecule has 0 aromatic carbocycles. The molecule has 0 aliphatic rings. The van der Waals surface area contributed by atoms with Crippen LogP contribution in [0, 0.1) is 5.92 Å². The van der Waals surface area contributed by atoms with Gasteiger partial charge in [-0.2, -0.15) is 0 Å². The predicted octanol–water partition coefficient (Wildman–Crippen LogP) is 5.33. The molecule has 0 fully saturated rings. The number of allylic oxidation sites excluding steroid dienone is 3. The van der Waals surface area contributed by atoms with Gasteiger partial charge in [-0.05, 0) is 45.1 Å². The van der Waals surface area contributed by atoms with Crippen LogP contribution in [-0.2, 0) is 4.79 Å². The van der Waals surface area contributed by atoms with Crippen LogP contribution in [0.4, 0.5) is 0 Å². The molecular formula is C20H37NO2. The molecule has 0 aromatic rings. The summed E-state index contributed by atoms with van der Waals surface area (Å²) in [6, 6.07) is 0. The molecule has 0 saturated carbocycles. The van der Waals surface area contributed by atoms with Crippen LogP contribution in [0.2, 0.25) is 0 Å². The van der Waals surface area contributed by atoms with Gasteiger partial charge in [0.15, 0.2) is 0 Å². The zero-order chi connectivity index (χ0) is 17.2. The van der Waals surface area contributed by atoms with Crippen molar-refractivity contribution in [3.05, 3.63) is 24.3 Å². The van der Waals surface area contributed by atoms with Crippen LogP contribution in [-0.4, -0.2) is 24.7 Å². The third-order valence-electron chi connectivity index (χ3n) is 4.00. The normalized spacial score (nSPS) is 13.1. The van der Waals surface area contributed by atoms with Crippen molar-refractivity contribution in [3.8, 4) is 0 Å². The van der Waals surface area contributed by atoms with E-state index in [-0.39, 0.29) is 0 Å². The number of hydrogen-bond acceptors (Lipinski definition) is 2. The number of hydrogen-bond donors (Lipinski definition) is 2. The first-order chi connectivity index (χ1) is 11.2. The highest BCUT2D eigenvalue weighted by Crippen LogP contribution is 2.13. The van der Waals surface area contributed by atoms with Gasteiger partial charge in [0.05, 0.1) is 0 Å². The van der Waals surface area contributed by atoms with Gasteiger partial charge in [-0.25, -0.2) is 0 Å². The maximum Gasteiger partial charge on any atom is 0.303 e. The lowest BCUT2D eigenvalue weighted by atomic mass is 9.99. The molecule has 0 aliphatic carbocycles. The minimum atomic E-state index is -0.677. The van der Waals surface area contributed by atoms with Crippen molar-refractivity contribution in [1.29, 1.82) is 0 Å². The molecule has 134 valence electrons. The van der Waals surface area contributed by atoms with Crippen molar-refractivity contribution in [2.24, 2.45) is 5.92 Å². The molecule has 0 spiro atoms. The Balaban J connectivity index is 3.74. The highest BCUT2D eigenvalue weighted by Gasteiger charge is 2.03. The molecule has 0 amide bonds. The van der Waals surface area contributed by atoms with Crippen LogP contribution in [0.25, 0.3) is 0 Å². The number of aliphatic carboxylic acids is 1. The second-order valence-electron chi connectivity index (χ2n) is 6.30. The molecule has 3 heteroatoms. The molecule has 0 rings (SSSR count). The molecule has 1 atom stereocenters. The van der Waals surface area contributed by atoms with Gasteiger partial charge in [0.2, 0.25) is 0 Å². The van der Waals surface area contributed by atoms with Crippen molar-refractivity contribution in [1.82, 2.24) is 5.32 Å². The highest BCUT2D eigenvalue weighted by molar-refractivity contribution is 5.66. The lowest BCUT2D eigenvalue weighted by Gasteiger charge is -2.11. The Bertz CT molecular complexity index is 324. The van der Waals surface area contributed by atoms with Gasteiger partial charge >= 0.3 is 5.97 Å². The van der Waals surface area contributed by atoms with E-state index in [0.717, 1.165) is 32.2 Å². The third kappa shape index (κ3) is 17.1. The largest absolute Gasteiger partial charge is 0.481 e. The van der Waals surface area contributed by atoms with Crippen molar-refractivity contribution in [2.45, 2.75) is 77.6 Å². The molecule has 0 aromatic heterocycles. The van der Waals surface area contributed by atoms with E-state index in [0.29, 0.717) is 12.3 Å². The van der Waals surface area contributed by atoms with Crippen LogP contribution >= 0.6 is 0 Å². The second-order valence-corrected chi connectivity index (χ2v) is 6.30. The average Bonchev–Trinajstić information content (AvgIpc) is 2.52. The van der Waals surface area contributed by atoms with Crippen molar-refractivity contribution in [3.63, 3.8) is 0 Å². The van der Waals surface area contributed by atoms with Gasteiger partial charge < -0.3 is 10.4 Å². The summed E-state index contributed by atoms with van der Waals surface area (Å²) in [4.78, 5) is 10.4. The van der Waals surface area contributed by atoms with Gasteiger partial charge in [-0.15, -0.1) is 0 Å². The quantitative estimate of drug-likeness (QED) is 0.298. The molecule has 0 heterocycles. The summed E-state index contributed by atoms with van der Waals surface area (Å²) in [6.45, 7) is 3.26. The van der Waals surface area contributed by atoms with E-state index in [1.165, 1.54) is 38.5 Å². The molecule has 0 aliphatic heterocycles. The smallest absolute Gasteiger partial charge is 0.303 e. The van der Waals surface area contributed by atoms with E-state index in [2.05, 4.69) is 36.5 Å². The summed E-state index contributed by atoms with van der Waals surface area (Å²) in [5, 5.41) is 11.9. The number of carbonyl (C=O) groups is 1. The molecule has 0 saturated heterocycles. The van der Waals surface area contributed by atoms with Crippen LogP contribution in [0.3, 0.4) is 0 Å². The standard InChI is InChI=1S/C20H37NO2/c1-3-4-5-6-7-8-9-12-15-19(18-21-2)16-13-10-11-14-17-20(22)23/h7-8,12,15,19,21H,3-6,9-11,13-14,16-18H2,1-2H3,(H,22,23)/b8-7-,15-12-. The van der Waals surface area contributed by atoms with Crippen molar-refractivity contribution >= 4 is 5.97 Å². The number of carboxylic acid groups (broad SMARTS) is 1. The van der Waals surface area contributed by atoms with Crippen LogP contribution < -0.4 is 5.32 Å². The van der Waals surface area contributed by atoms with Gasteiger partial charge in [-0.1, -0.05) is 63.3 Å². The highest BCUT2D eigenvalue weighted by atomic mass is 16.4. The summed E-state index contributed by atoms with van der Waals surface area (Å²) in [7, 11) is 2.00. The summed E-state index contributed by atoms with van der Waals surface area (Å²) >= 11 is 0. The van der Waals surface area contributed by atoms with Crippen LogP contribution in [0.5, 0.6) is 0 Å². The summed E-state index contributed by atoms with van der Waals surface area (Å²) in [5.74, 6) is -0.0864. The van der Waals surface area contributed by atoms with E-state index in [4.69, 9.17) is 5.11 Å². The zero-order valence-electron chi connectivity index (χ0n) is 15.2. The number of carboxylic acids is 1. The maximum atomic E-state index is 10.4. The fourth-order valence-corrected chi connectivity index (χ4v) is 2.64. The summed E-state index contributed by atoms with van der Waals surface area (Å²) < 4.78 is 0. The molecule has 1 unspecified atom stereocenters. The van der Waals surface area contributed by atoms with Crippen LogP contribution in [0.1, 0.15) is 77.6 Å². The predicted molar refractivity (Wildman–Crippen MR) is 99.8 cm³/mol. The number of unbranched alkanes of at least 4 members (excludes halogenated alkanes) is 6. The molecule has 0 bridgehead atoms. The summed E-state index contributed by atoms with van der Waals surface area (Å²) in [6.07, 6.45) is 21.0. The topological polar surface area (TPSA) is 49.3 Å². The van der Waals surface area contributed by atoms with E-state index in [1.807, 2.05) is 7.05 Å². The zero-order valence-corrected chi connectivity index (χ0v) is 15.2. The Morgan fingerprint density at radius 2 is 1.83 bits per heavy atom. The molecule has 23 heavy (non-hydrogen) atoms. The van der Waals surface area contributed by atoms with E-state index in [1.54, 1.807) is 0 Å². The van der Waals surface area contributed by atoms with Crippen molar-refractivity contribution < 1.29 is 9.90 Å². The van der Waals surface area contributed by atoms with Gasteiger partial charge in [-0.3, -0.25) is 4.79 Å². The monoisotopic (exact) mass is 323 g/mol. The van der Waals surface area contributed by atoms with E-state index < -0.39 is 5.97 Å². The molecule has 2 N–H and O–H groups in total. The Labute approximate surface area is 143 Å². The van der Waals surface area contributed by atoms with E-state index in [9.17, 15) is 4.79 Å². The van der Waals surface area contributed by atoms with Crippen LogP contribution in [0.15, 0.2) is 24.3 Å². The Morgan fingerprint density at radius 1 is 1.04 bits per heavy atom. The van der Waals surface area contributed by atoms with Gasteiger partial charge in [0, 0.05) is 13.0 Å². The lowest BCUT2D eigenvalue weighted by Crippen LogP contribution is -2.17. The number of nitrogens with one attached hydrogen (secondary N) is 1. The molecular weight excluding hydrogens is 286 g/mol. The minimum absolute atomic E-state index is 0.310. The van der Waals surface area contributed by atoms with Crippen molar-refractivity contribution in [2.75, 3.05) is 13.6 Å². The lowest BCUT2D eigenvalue weighted by molar-refractivity contribution is -0.137. The first-order valence-corrected chi connectivity index (χ1v) is 9.38. The molecule has 0 radical (unpaired) electrons. The summed E-state index contributed by atoms with van der Waals surface area (Å²) in [5.41, 5.74) is 0. The SMILES string of the molecule is CCCCC/C=C\C/C=C\C(CCCCCCC(=O)O)CNC. The third-order valence-corrected chi connectivity index (χ3v) is 4.00. The molecule has 3 nitrogen and oxygen atoms in total. The van der Waals surface area contributed by atoms with Gasteiger partial charge in [0.1, 0.15) is 0 Å². The maximum absolute atomic E-state index is 10.4. The fourth-order valence-electron chi connectivity index (χ4n) is 2.64. The van der Waals surface area contributed by atoms with E-state index >= 15 is 0 Å². The first-order valence-electron chi connectivity index (χ1n) is 9.38. The van der Waals surface area contributed by atoms with Gasteiger partial charge in [0.25, 0.3) is 0 Å². The average molecular weight is 324 g/mol.